The highest BCUT2D eigenvalue weighted by Crippen LogP contribution is 2.40. The summed E-state index contributed by atoms with van der Waals surface area (Å²) in [5.41, 5.74) is 0.683. The van der Waals surface area contributed by atoms with Gasteiger partial charge in [0.2, 0.25) is 0 Å². The molecule has 0 spiro atoms. The van der Waals surface area contributed by atoms with E-state index in [1.54, 1.807) is 0 Å². The molecule has 0 amide bonds. The summed E-state index contributed by atoms with van der Waals surface area (Å²) in [7, 11) is -2.14. The van der Waals surface area contributed by atoms with Crippen molar-refractivity contribution in [3.63, 3.8) is 0 Å². The van der Waals surface area contributed by atoms with Gasteiger partial charge in [-0.2, -0.15) is 0 Å². The Morgan fingerprint density at radius 2 is 1.89 bits per heavy atom. The van der Waals surface area contributed by atoms with Crippen LogP contribution in [0, 0.1) is 0 Å². The van der Waals surface area contributed by atoms with E-state index in [1.165, 1.54) is 0 Å². The van der Waals surface area contributed by atoms with Crippen LogP contribution >= 0.6 is 15.9 Å². The molecule has 27 heavy (non-hydrogen) atoms. The molecule has 0 aromatic carbocycles. The van der Waals surface area contributed by atoms with Gasteiger partial charge in [-0.05, 0) is 67.0 Å². The number of rotatable bonds is 7. The predicted octanol–water partition coefficient (Wildman–Crippen LogP) is 6.17. The van der Waals surface area contributed by atoms with E-state index in [-0.39, 0.29) is 11.5 Å². The normalized spacial score (nSPS) is 17.1. The predicted molar refractivity (Wildman–Crippen MR) is 119 cm³/mol. The average molecular weight is 480 g/mol. The number of hydrogen-bond donors (Lipinski definition) is 0. The summed E-state index contributed by atoms with van der Waals surface area (Å²) in [6, 6.07) is 5.54. The summed E-state index contributed by atoms with van der Waals surface area (Å²) < 4.78 is 37.2. The first kappa shape index (κ1) is 24.8. The molecule has 0 radical (unpaired) electrons. The van der Waals surface area contributed by atoms with Crippen molar-refractivity contribution >= 4 is 41.8 Å². The highest BCUT2D eigenvalue weighted by Gasteiger charge is 2.40. The van der Waals surface area contributed by atoms with E-state index < -0.39 is 36.7 Å². The third-order valence-corrected chi connectivity index (χ3v) is 10.9. The quantitative estimate of drug-likeness (QED) is 0.203. The van der Waals surface area contributed by atoms with Crippen LogP contribution in [0.5, 0.6) is 0 Å². The number of alkyl halides is 1. The van der Waals surface area contributed by atoms with E-state index in [4.69, 9.17) is 4.43 Å². The molecule has 1 aromatic rings. The third kappa shape index (κ3) is 7.93. The maximum atomic E-state index is 14.7. The molecule has 0 aliphatic rings. The summed E-state index contributed by atoms with van der Waals surface area (Å²) in [6.45, 7) is 16.1. The van der Waals surface area contributed by atoms with E-state index in [1.807, 2.05) is 39.0 Å². The Balaban J connectivity index is 3.04. The third-order valence-electron chi connectivity index (χ3n) is 4.59. The fourth-order valence-corrected chi connectivity index (χ4v) is 4.11. The second-order valence-corrected chi connectivity index (χ2v) is 16.6. The van der Waals surface area contributed by atoms with Crippen LogP contribution < -0.4 is 0 Å². The topological polar surface area (TPSA) is 57.5 Å². The molecule has 0 fully saturated rings. The van der Waals surface area contributed by atoms with E-state index in [9.17, 15) is 8.94 Å². The largest absolute Gasteiger partial charge is 0.591 e. The Morgan fingerprint density at radius 1 is 1.30 bits per heavy atom. The van der Waals surface area contributed by atoms with Crippen molar-refractivity contribution in [1.82, 2.24) is 4.98 Å². The summed E-state index contributed by atoms with van der Waals surface area (Å²) in [5.74, 6) is 0. The molecule has 0 saturated carbocycles. The van der Waals surface area contributed by atoms with Gasteiger partial charge < -0.3 is 8.98 Å². The van der Waals surface area contributed by atoms with E-state index in [0.29, 0.717) is 10.3 Å². The Hall–Kier alpha value is -0.283. The molecule has 1 aromatic heterocycles. The van der Waals surface area contributed by atoms with Gasteiger partial charge in [-0.25, -0.2) is 9.37 Å². The summed E-state index contributed by atoms with van der Waals surface area (Å²) in [4.78, 5) is 4.47. The number of nitrogens with zero attached hydrogens (tertiary/aromatic N) is 2. The standard InChI is InChI=1S/C19H32BrFN2O2SSi/c1-18(2,3)26(24)22-13-14(21)12-16(15-10-9-11-17(20)23-15)25-27(7,8)19(4,5)6/h9-11,13-14,16H,12H2,1-8H3/b22-13+. The lowest BCUT2D eigenvalue weighted by atomic mass is 10.1. The minimum Gasteiger partial charge on any atom is -0.591 e. The first-order valence-corrected chi connectivity index (χ1v) is 13.8. The van der Waals surface area contributed by atoms with E-state index in [0.717, 1.165) is 6.21 Å². The zero-order chi connectivity index (χ0) is 21.0. The monoisotopic (exact) mass is 478 g/mol. The molecule has 8 heteroatoms. The van der Waals surface area contributed by atoms with Crippen molar-refractivity contribution in [3.05, 3.63) is 28.5 Å². The Labute approximate surface area is 176 Å². The van der Waals surface area contributed by atoms with Gasteiger partial charge in [-0.1, -0.05) is 31.2 Å². The van der Waals surface area contributed by atoms with Crippen LogP contribution in [0.1, 0.15) is 59.8 Å². The number of halogens is 2. The van der Waals surface area contributed by atoms with E-state index >= 15 is 0 Å². The van der Waals surface area contributed by atoms with Gasteiger partial charge in [0.25, 0.3) is 0 Å². The average Bonchev–Trinajstić information content (AvgIpc) is 2.49. The van der Waals surface area contributed by atoms with Crippen LogP contribution in [0.15, 0.2) is 27.2 Å². The highest BCUT2D eigenvalue weighted by molar-refractivity contribution is 9.10. The molecule has 0 aliphatic carbocycles. The van der Waals surface area contributed by atoms with Crippen molar-refractivity contribution in [2.24, 2.45) is 4.40 Å². The first-order valence-electron chi connectivity index (χ1n) is 9.04. The summed E-state index contributed by atoms with van der Waals surface area (Å²) >= 11 is 1.89. The van der Waals surface area contributed by atoms with Crippen LogP contribution in [0.2, 0.25) is 18.1 Å². The Bertz CT molecular complexity index is 647. The van der Waals surface area contributed by atoms with Gasteiger partial charge in [0.15, 0.2) is 8.32 Å². The SMILES string of the molecule is CC(C)(C)[S+]([O-])/N=C/C(F)CC(O[Si](C)(C)C(C)(C)C)c1cccc(Br)n1. The number of pyridine rings is 1. The molecule has 0 N–H and O–H groups in total. The van der Waals surface area contributed by atoms with Crippen molar-refractivity contribution in [2.75, 3.05) is 0 Å². The minimum atomic E-state index is -2.14. The zero-order valence-corrected chi connectivity index (χ0v) is 20.9. The van der Waals surface area contributed by atoms with Crippen LogP contribution in [0.25, 0.3) is 0 Å². The molecular formula is C19H32BrFN2O2SSi. The number of aromatic nitrogens is 1. The van der Waals surface area contributed by atoms with Crippen molar-refractivity contribution < 1.29 is 13.4 Å². The molecule has 0 bridgehead atoms. The molecule has 4 nitrogen and oxygen atoms in total. The second kappa shape index (κ2) is 9.48. The van der Waals surface area contributed by atoms with Crippen LogP contribution in [-0.4, -0.2) is 35.0 Å². The van der Waals surface area contributed by atoms with Gasteiger partial charge in [-0.3, -0.25) is 0 Å². The number of hydrogen-bond acceptors (Lipinski definition) is 4. The van der Waals surface area contributed by atoms with Crippen molar-refractivity contribution in [1.29, 1.82) is 0 Å². The lowest BCUT2D eigenvalue weighted by Crippen LogP contribution is -2.42. The maximum Gasteiger partial charge on any atom is 0.192 e. The zero-order valence-electron chi connectivity index (χ0n) is 17.5. The fourth-order valence-electron chi connectivity index (χ4n) is 1.91. The van der Waals surface area contributed by atoms with Gasteiger partial charge in [0.1, 0.15) is 26.9 Å². The van der Waals surface area contributed by atoms with Crippen LogP contribution in [0.4, 0.5) is 4.39 Å². The van der Waals surface area contributed by atoms with Crippen LogP contribution in [0.3, 0.4) is 0 Å². The van der Waals surface area contributed by atoms with Crippen LogP contribution in [-0.2, 0) is 15.8 Å². The van der Waals surface area contributed by atoms with Gasteiger partial charge in [0, 0.05) is 6.42 Å². The highest BCUT2D eigenvalue weighted by atomic mass is 79.9. The fraction of sp³-hybridized carbons (Fsp3) is 0.684. The molecule has 154 valence electrons. The molecule has 0 saturated heterocycles. The molecular weight excluding hydrogens is 447 g/mol. The summed E-state index contributed by atoms with van der Waals surface area (Å²) in [5, 5.41) is -0.00903. The maximum absolute atomic E-state index is 14.7. The smallest absolute Gasteiger partial charge is 0.192 e. The Kier molecular flexibility index (Phi) is 8.69. The minimum absolute atomic E-state index is 0.00903. The molecule has 3 unspecified atom stereocenters. The van der Waals surface area contributed by atoms with Gasteiger partial charge in [0.05, 0.1) is 18.0 Å². The lowest BCUT2D eigenvalue weighted by Gasteiger charge is -2.39. The first-order chi connectivity index (χ1) is 12.1. The summed E-state index contributed by atoms with van der Waals surface area (Å²) in [6.07, 6.45) is -0.637. The Morgan fingerprint density at radius 3 is 2.37 bits per heavy atom. The molecule has 3 atom stereocenters. The second-order valence-electron chi connectivity index (χ2n) is 9.12. The van der Waals surface area contributed by atoms with Crippen molar-refractivity contribution in [2.45, 2.75) is 83.1 Å². The van der Waals surface area contributed by atoms with Gasteiger partial charge in [-0.15, -0.1) is 0 Å². The van der Waals surface area contributed by atoms with E-state index in [2.05, 4.69) is 59.2 Å². The van der Waals surface area contributed by atoms with Gasteiger partial charge >= 0.3 is 0 Å². The molecule has 1 heterocycles. The van der Waals surface area contributed by atoms with Crippen molar-refractivity contribution in [3.8, 4) is 0 Å². The molecule has 0 aliphatic heterocycles. The molecule has 1 rings (SSSR count). The lowest BCUT2D eigenvalue weighted by molar-refractivity contribution is 0.148.